The van der Waals surface area contributed by atoms with Gasteiger partial charge in [-0.15, -0.1) is 0 Å². The van der Waals surface area contributed by atoms with Gasteiger partial charge in [0.15, 0.2) is 6.29 Å². The van der Waals surface area contributed by atoms with Crippen molar-refractivity contribution in [3.05, 3.63) is 35.1 Å². The van der Waals surface area contributed by atoms with Gasteiger partial charge < -0.3 is 9.47 Å². The molecule has 2 nitrogen and oxygen atoms in total. The van der Waals surface area contributed by atoms with Crippen molar-refractivity contribution in [3.63, 3.8) is 0 Å². The summed E-state index contributed by atoms with van der Waals surface area (Å²) < 4.78 is 26.8. The third-order valence-electron chi connectivity index (χ3n) is 7.99. The molecular weight excluding hydrogens is 411 g/mol. The summed E-state index contributed by atoms with van der Waals surface area (Å²) >= 11 is 0. The van der Waals surface area contributed by atoms with Gasteiger partial charge in [-0.3, -0.25) is 0 Å². The molecule has 1 aromatic carbocycles. The lowest BCUT2D eigenvalue weighted by Gasteiger charge is -2.30. The fraction of sp³-hybridized carbons (Fsp3) is 0.800. The van der Waals surface area contributed by atoms with E-state index in [9.17, 15) is 4.39 Å². The van der Waals surface area contributed by atoms with Crippen LogP contribution in [0.3, 0.4) is 0 Å². The maximum absolute atomic E-state index is 15.0. The number of halogens is 1. The predicted octanol–water partition coefficient (Wildman–Crippen LogP) is 8.96. The molecule has 0 N–H and O–H groups in total. The van der Waals surface area contributed by atoms with Gasteiger partial charge in [-0.2, -0.15) is 0 Å². The van der Waals surface area contributed by atoms with Crippen LogP contribution in [-0.4, -0.2) is 19.5 Å². The first-order valence-electron chi connectivity index (χ1n) is 14.2. The minimum atomic E-state index is -0.132. The van der Waals surface area contributed by atoms with Gasteiger partial charge in [0.05, 0.1) is 13.2 Å². The van der Waals surface area contributed by atoms with Crippen molar-refractivity contribution in [2.45, 2.75) is 129 Å². The van der Waals surface area contributed by atoms with Gasteiger partial charge >= 0.3 is 0 Å². The Balaban J connectivity index is 1.35. The highest BCUT2D eigenvalue weighted by Gasteiger charge is 2.25. The van der Waals surface area contributed by atoms with E-state index < -0.39 is 0 Å². The van der Waals surface area contributed by atoms with Crippen LogP contribution in [-0.2, 0) is 15.9 Å². The zero-order chi connectivity index (χ0) is 23.3. The van der Waals surface area contributed by atoms with Gasteiger partial charge in [0.2, 0.25) is 0 Å². The van der Waals surface area contributed by atoms with E-state index >= 15 is 0 Å². The van der Waals surface area contributed by atoms with E-state index in [4.69, 9.17) is 9.47 Å². The average Bonchev–Trinajstić information content (AvgIpc) is 2.84. The molecule has 0 radical (unpaired) electrons. The summed E-state index contributed by atoms with van der Waals surface area (Å²) in [4.78, 5) is 0. The minimum absolute atomic E-state index is 0.00279. The van der Waals surface area contributed by atoms with E-state index in [0.29, 0.717) is 11.8 Å². The van der Waals surface area contributed by atoms with Crippen LogP contribution in [0.1, 0.15) is 127 Å². The molecule has 1 heterocycles. The molecule has 188 valence electrons. The highest BCUT2D eigenvalue weighted by atomic mass is 19.1. The Morgan fingerprint density at radius 2 is 1.39 bits per heavy atom. The number of benzene rings is 1. The fourth-order valence-corrected chi connectivity index (χ4v) is 5.74. The lowest BCUT2D eigenvalue weighted by atomic mass is 9.76. The van der Waals surface area contributed by atoms with Gasteiger partial charge in [-0.1, -0.05) is 83.8 Å². The van der Waals surface area contributed by atoms with E-state index in [0.717, 1.165) is 55.9 Å². The zero-order valence-corrected chi connectivity index (χ0v) is 21.5. The average molecular weight is 461 g/mol. The monoisotopic (exact) mass is 460 g/mol. The van der Waals surface area contributed by atoms with Crippen molar-refractivity contribution >= 4 is 0 Å². The Labute approximate surface area is 203 Å². The SMILES string of the molecule is CCCCCCC[C@H]1CC[C@H](c2ccc(CCC3OCC(CCCCC)CO3)cc2F)CC1. The smallest absolute Gasteiger partial charge is 0.157 e. The normalized spacial score (nSPS) is 25.9. The Bertz CT molecular complexity index is 645. The van der Waals surface area contributed by atoms with Crippen molar-refractivity contribution in [1.82, 2.24) is 0 Å². The van der Waals surface area contributed by atoms with Crippen molar-refractivity contribution in [2.24, 2.45) is 11.8 Å². The Morgan fingerprint density at radius 3 is 2.09 bits per heavy atom. The Morgan fingerprint density at radius 1 is 0.758 bits per heavy atom. The molecule has 1 aliphatic heterocycles. The van der Waals surface area contributed by atoms with E-state index in [-0.39, 0.29) is 12.1 Å². The number of aryl methyl sites for hydroxylation is 1. The minimum Gasteiger partial charge on any atom is -0.352 e. The van der Waals surface area contributed by atoms with Gasteiger partial charge in [-0.25, -0.2) is 4.39 Å². The lowest BCUT2D eigenvalue weighted by Crippen LogP contribution is -2.32. The molecule has 2 aliphatic rings. The zero-order valence-electron chi connectivity index (χ0n) is 21.5. The molecule has 1 saturated heterocycles. The predicted molar refractivity (Wildman–Crippen MR) is 136 cm³/mol. The first kappa shape index (κ1) is 26.7. The van der Waals surface area contributed by atoms with Crippen molar-refractivity contribution in [3.8, 4) is 0 Å². The first-order chi connectivity index (χ1) is 16.2. The van der Waals surface area contributed by atoms with E-state index in [1.807, 2.05) is 0 Å². The van der Waals surface area contributed by atoms with Crippen LogP contribution in [0.2, 0.25) is 0 Å². The number of hydrogen-bond donors (Lipinski definition) is 0. The third kappa shape index (κ3) is 9.32. The molecule has 0 bridgehead atoms. The molecule has 0 amide bonds. The Kier molecular flexibility index (Phi) is 12.2. The highest BCUT2D eigenvalue weighted by Crippen LogP contribution is 2.39. The number of ether oxygens (including phenoxy) is 2. The number of unbranched alkanes of at least 4 members (excludes halogenated alkanes) is 6. The topological polar surface area (TPSA) is 18.5 Å². The van der Waals surface area contributed by atoms with Crippen LogP contribution in [0.4, 0.5) is 4.39 Å². The van der Waals surface area contributed by atoms with Crippen molar-refractivity contribution in [2.75, 3.05) is 13.2 Å². The molecular formula is C30H49FO2. The molecule has 0 unspecified atom stereocenters. The summed E-state index contributed by atoms with van der Waals surface area (Å²) in [7, 11) is 0. The maximum atomic E-state index is 15.0. The molecule has 2 fully saturated rings. The first-order valence-corrected chi connectivity index (χ1v) is 14.2. The summed E-state index contributed by atoms with van der Waals surface area (Å²) in [6.07, 6.45) is 19.6. The van der Waals surface area contributed by atoms with E-state index in [2.05, 4.69) is 26.0 Å². The van der Waals surface area contributed by atoms with Gasteiger partial charge in [-0.05, 0) is 67.6 Å². The third-order valence-corrected chi connectivity index (χ3v) is 7.99. The van der Waals surface area contributed by atoms with Crippen molar-refractivity contribution in [1.29, 1.82) is 0 Å². The molecule has 0 atom stereocenters. The number of rotatable bonds is 14. The van der Waals surface area contributed by atoms with Gasteiger partial charge in [0, 0.05) is 12.3 Å². The van der Waals surface area contributed by atoms with Crippen LogP contribution in [0, 0.1) is 17.7 Å². The van der Waals surface area contributed by atoms with Gasteiger partial charge in [0.1, 0.15) is 5.82 Å². The lowest BCUT2D eigenvalue weighted by molar-refractivity contribution is -0.203. The van der Waals surface area contributed by atoms with Crippen LogP contribution >= 0.6 is 0 Å². The van der Waals surface area contributed by atoms with Crippen LogP contribution in [0.15, 0.2) is 18.2 Å². The molecule has 33 heavy (non-hydrogen) atoms. The van der Waals surface area contributed by atoms with Crippen LogP contribution in [0.25, 0.3) is 0 Å². The molecule has 1 aliphatic carbocycles. The molecule has 1 aromatic rings. The standard InChI is InChI=1S/C30H49FO2/c1-3-5-7-8-10-11-24-13-17-27(18-14-24)28-19-15-25(21-29(28)31)16-20-30-32-22-26(23-33-30)12-9-6-4-2/h15,19,21,24,26-27,30H,3-14,16-18,20,22-23H2,1-2H3/t24-,26?,27-,30?. The largest absolute Gasteiger partial charge is 0.352 e. The fourth-order valence-electron chi connectivity index (χ4n) is 5.74. The molecule has 0 aromatic heterocycles. The molecule has 3 heteroatoms. The number of hydrogen-bond acceptors (Lipinski definition) is 2. The quantitative estimate of drug-likeness (QED) is 0.258. The second-order valence-corrected chi connectivity index (χ2v) is 10.8. The second kappa shape index (κ2) is 15.1. The Hall–Kier alpha value is -0.930. The summed E-state index contributed by atoms with van der Waals surface area (Å²) in [6, 6.07) is 5.97. The summed E-state index contributed by atoms with van der Waals surface area (Å²) in [6.45, 7) is 6.13. The molecule has 0 spiro atoms. The van der Waals surface area contributed by atoms with E-state index in [1.54, 1.807) is 6.07 Å². The van der Waals surface area contributed by atoms with Crippen molar-refractivity contribution < 1.29 is 13.9 Å². The maximum Gasteiger partial charge on any atom is 0.157 e. The summed E-state index contributed by atoms with van der Waals surface area (Å²) in [5.74, 6) is 1.81. The van der Waals surface area contributed by atoms with Gasteiger partial charge in [0.25, 0.3) is 0 Å². The van der Waals surface area contributed by atoms with Crippen LogP contribution < -0.4 is 0 Å². The molecule has 3 rings (SSSR count). The summed E-state index contributed by atoms with van der Waals surface area (Å²) in [5, 5.41) is 0. The summed E-state index contributed by atoms with van der Waals surface area (Å²) in [5.41, 5.74) is 2.01. The van der Waals surface area contributed by atoms with E-state index in [1.165, 1.54) is 77.0 Å². The highest BCUT2D eigenvalue weighted by molar-refractivity contribution is 5.28. The molecule has 1 saturated carbocycles. The van der Waals surface area contributed by atoms with Crippen LogP contribution in [0.5, 0.6) is 0 Å². The second-order valence-electron chi connectivity index (χ2n) is 10.8.